The lowest BCUT2D eigenvalue weighted by atomic mass is 9.84. The molecule has 0 spiro atoms. The van der Waals surface area contributed by atoms with E-state index in [0.717, 1.165) is 44.6 Å². The number of aromatic nitrogens is 3. The van der Waals surface area contributed by atoms with Crippen LogP contribution in [-0.2, 0) is 12.6 Å². The molecule has 6 aromatic rings. The molecule has 0 aliphatic carbocycles. The summed E-state index contributed by atoms with van der Waals surface area (Å²) < 4.78 is 14.1. The lowest BCUT2D eigenvalue weighted by Gasteiger charge is -2.28. The first-order valence-electron chi connectivity index (χ1n) is 12.4. The van der Waals surface area contributed by atoms with Crippen LogP contribution in [0, 0.1) is 11.3 Å². The summed E-state index contributed by atoms with van der Waals surface area (Å²) in [5.74, 6) is 1.30. The lowest BCUT2D eigenvalue weighted by molar-refractivity contribution is 0.415. The molecule has 1 unspecified atom stereocenters. The van der Waals surface area contributed by atoms with Crippen LogP contribution < -0.4 is 10.5 Å². The molecule has 1 atom stereocenters. The molecule has 7 nitrogen and oxygen atoms in total. The van der Waals surface area contributed by atoms with Crippen LogP contribution in [0.4, 0.5) is 0 Å². The van der Waals surface area contributed by atoms with Gasteiger partial charge in [-0.15, -0.1) is 0 Å². The van der Waals surface area contributed by atoms with Gasteiger partial charge in [-0.05, 0) is 65.2 Å². The summed E-state index contributed by atoms with van der Waals surface area (Å²) >= 11 is 0. The van der Waals surface area contributed by atoms with Gasteiger partial charge in [-0.1, -0.05) is 30.3 Å². The number of pyridine rings is 1. The van der Waals surface area contributed by atoms with Gasteiger partial charge < -0.3 is 19.5 Å². The third-order valence-corrected chi connectivity index (χ3v) is 7.07. The average molecular weight is 512 g/mol. The second-order valence-corrected chi connectivity index (χ2v) is 9.41. The molecule has 0 aliphatic rings. The van der Waals surface area contributed by atoms with Gasteiger partial charge >= 0.3 is 0 Å². The van der Waals surface area contributed by atoms with Gasteiger partial charge in [0.25, 0.3) is 0 Å². The monoisotopic (exact) mass is 511 g/mol. The molecule has 39 heavy (non-hydrogen) atoms. The molecular formula is C32H25N5O2. The molecule has 0 fully saturated rings. The molecule has 6 rings (SSSR count). The van der Waals surface area contributed by atoms with E-state index < -0.39 is 5.54 Å². The fraction of sp³-hybridized carbons (Fsp3) is 0.0938. The average Bonchev–Trinajstić information content (AvgIpc) is 3.63. The van der Waals surface area contributed by atoms with E-state index >= 15 is 0 Å². The van der Waals surface area contributed by atoms with E-state index in [1.807, 2.05) is 72.4 Å². The highest BCUT2D eigenvalue weighted by atomic mass is 16.5. The maximum atomic E-state index is 9.34. The quantitative estimate of drug-likeness (QED) is 0.293. The van der Waals surface area contributed by atoms with E-state index in [1.54, 1.807) is 38.0 Å². The molecule has 3 aromatic carbocycles. The number of benzene rings is 3. The van der Waals surface area contributed by atoms with Crippen LogP contribution in [0.5, 0.6) is 5.75 Å². The Balaban J connectivity index is 1.63. The largest absolute Gasteiger partial charge is 0.497 e. The van der Waals surface area contributed by atoms with E-state index in [-0.39, 0.29) is 0 Å². The second-order valence-electron chi connectivity index (χ2n) is 9.41. The van der Waals surface area contributed by atoms with Crippen LogP contribution in [0.25, 0.3) is 33.2 Å². The highest BCUT2D eigenvalue weighted by Crippen LogP contribution is 2.42. The van der Waals surface area contributed by atoms with Crippen molar-refractivity contribution in [2.24, 2.45) is 12.8 Å². The van der Waals surface area contributed by atoms with E-state index in [1.165, 1.54) is 0 Å². The Labute approximate surface area is 225 Å². The number of nitrogens with two attached hydrogens (primary N) is 1. The van der Waals surface area contributed by atoms with E-state index in [4.69, 9.17) is 14.9 Å². The number of aryl methyl sites for hydroxylation is 1. The highest BCUT2D eigenvalue weighted by Gasteiger charge is 2.38. The Kier molecular flexibility index (Phi) is 5.95. The molecule has 7 heteroatoms. The van der Waals surface area contributed by atoms with Crippen molar-refractivity contribution in [3.05, 3.63) is 126 Å². The topological polar surface area (TPSA) is 103 Å². The maximum absolute atomic E-state index is 9.34. The summed E-state index contributed by atoms with van der Waals surface area (Å²) in [5, 5.41) is 10.2. The first-order chi connectivity index (χ1) is 19.0. The number of ether oxygens (including phenoxy) is 1. The van der Waals surface area contributed by atoms with Crippen LogP contribution >= 0.6 is 0 Å². The molecule has 3 aromatic heterocycles. The number of methoxy groups -OCH3 is 1. The summed E-state index contributed by atoms with van der Waals surface area (Å²) in [6.45, 7) is 0. The molecule has 190 valence electrons. The molecule has 0 bridgehead atoms. The van der Waals surface area contributed by atoms with Crippen molar-refractivity contribution in [3.8, 4) is 34.1 Å². The van der Waals surface area contributed by atoms with Crippen molar-refractivity contribution in [3.63, 3.8) is 0 Å². The smallest absolute Gasteiger partial charge is 0.142 e. The van der Waals surface area contributed by atoms with Crippen LogP contribution in [0.1, 0.15) is 22.6 Å². The van der Waals surface area contributed by atoms with Crippen LogP contribution in [-0.4, -0.2) is 21.6 Å². The minimum Gasteiger partial charge on any atom is -0.497 e. The molecule has 0 amide bonds. The summed E-state index contributed by atoms with van der Waals surface area (Å²) in [6, 6.07) is 27.5. The van der Waals surface area contributed by atoms with Crippen LogP contribution in [0.3, 0.4) is 0 Å². The molecule has 0 radical (unpaired) electrons. The summed E-state index contributed by atoms with van der Waals surface area (Å²) in [5.41, 5.74) is 12.7. The summed E-state index contributed by atoms with van der Waals surface area (Å²) in [6.07, 6.45) is 7.06. The van der Waals surface area contributed by atoms with Gasteiger partial charge in [-0.25, -0.2) is 4.98 Å². The zero-order valence-corrected chi connectivity index (χ0v) is 21.5. The normalized spacial score (nSPS) is 12.7. The first-order valence-corrected chi connectivity index (χ1v) is 12.4. The van der Waals surface area contributed by atoms with Gasteiger partial charge in [0.2, 0.25) is 0 Å². The van der Waals surface area contributed by atoms with E-state index in [0.29, 0.717) is 16.9 Å². The number of nitrogens with zero attached hydrogens (tertiary/aromatic N) is 4. The fourth-order valence-corrected chi connectivity index (χ4v) is 5.01. The van der Waals surface area contributed by atoms with E-state index in [2.05, 4.69) is 28.2 Å². The number of hydrogen-bond acceptors (Lipinski definition) is 6. The van der Waals surface area contributed by atoms with Crippen molar-refractivity contribution in [2.45, 2.75) is 5.54 Å². The molecular weight excluding hydrogens is 486 g/mol. The Morgan fingerprint density at radius 2 is 1.74 bits per heavy atom. The number of hydrogen-bond donors (Lipinski definition) is 1. The van der Waals surface area contributed by atoms with Gasteiger partial charge in [0.05, 0.1) is 37.0 Å². The Bertz CT molecular complexity index is 1830. The Hall–Kier alpha value is -5.19. The summed E-state index contributed by atoms with van der Waals surface area (Å²) in [4.78, 5) is 8.65. The third-order valence-electron chi connectivity index (χ3n) is 7.07. The molecule has 3 heterocycles. The van der Waals surface area contributed by atoms with Crippen molar-refractivity contribution in [1.29, 1.82) is 5.26 Å². The van der Waals surface area contributed by atoms with Gasteiger partial charge in [0.15, 0.2) is 0 Å². The minimum absolute atomic E-state index is 0.553. The van der Waals surface area contributed by atoms with Gasteiger partial charge in [0.1, 0.15) is 22.6 Å². The molecule has 0 aliphatic heterocycles. The summed E-state index contributed by atoms with van der Waals surface area (Å²) in [7, 11) is 3.55. The zero-order chi connectivity index (χ0) is 27.0. The Morgan fingerprint density at radius 3 is 2.44 bits per heavy atom. The molecule has 2 N–H and O–H groups in total. The third kappa shape index (κ3) is 4.13. The number of furan rings is 1. The van der Waals surface area contributed by atoms with Gasteiger partial charge in [-0.3, -0.25) is 4.98 Å². The van der Waals surface area contributed by atoms with Crippen molar-refractivity contribution in [2.75, 3.05) is 7.11 Å². The molecule has 0 saturated carbocycles. The number of imidazole rings is 1. The van der Waals surface area contributed by atoms with Crippen molar-refractivity contribution < 1.29 is 9.15 Å². The fourth-order valence-electron chi connectivity index (χ4n) is 5.01. The minimum atomic E-state index is -1.17. The van der Waals surface area contributed by atoms with Gasteiger partial charge in [-0.2, -0.15) is 5.26 Å². The zero-order valence-electron chi connectivity index (χ0n) is 21.5. The number of rotatable bonds is 6. The van der Waals surface area contributed by atoms with E-state index in [9.17, 15) is 5.26 Å². The highest BCUT2D eigenvalue weighted by molar-refractivity contribution is 5.97. The second kappa shape index (κ2) is 9.60. The van der Waals surface area contributed by atoms with Gasteiger partial charge in [0, 0.05) is 36.0 Å². The predicted octanol–water partition coefficient (Wildman–Crippen LogP) is 6.03. The van der Waals surface area contributed by atoms with Crippen molar-refractivity contribution >= 4 is 11.0 Å². The van der Waals surface area contributed by atoms with Crippen LogP contribution in [0.15, 0.2) is 108 Å². The standard InChI is InChI=1S/C32H25N5O2/c1-37-20-36-19-29(37)32(34,26-10-8-21(17-33)9-11-26)30-16-25-13-24(23-6-4-12-35-18-23)15-28(31(25)39-30)22-5-3-7-27(14-22)38-2/h3-16,18-20H,34H2,1-2H3. The lowest BCUT2D eigenvalue weighted by Crippen LogP contribution is -2.40. The number of fused-ring (bicyclic) bond motifs is 1. The Morgan fingerprint density at radius 1 is 0.923 bits per heavy atom. The molecule has 0 saturated heterocycles. The number of nitriles is 1. The predicted molar refractivity (Wildman–Crippen MR) is 150 cm³/mol. The first kappa shape index (κ1) is 24.2. The van der Waals surface area contributed by atoms with Crippen molar-refractivity contribution in [1.82, 2.24) is 14.5 Å². The maximum Gasteiger partial charge on any atom is 0.142 e. The van der Waals surface area contributed by atoms with Crippen LogP contribution in [0.2, 0.25) is 0 Å². The SMILES string of the molecule is COc1cccc(-c2cc(-c3cccnc3)cc3cc(C(N)(c4ccc(C#N)cc4)c4cncn4C)oc23)c1.